The van der Waals surface area contributed by atoms with Crippen LogP contribution in [0.3, 0.4) is 0 Å². The molecule has 0 radical (unpaired) electrons. The van der Waals surface area contributed by atoms with E-state index in [2.05, 4.69) is 0 Å². The Labute approximate surface area is 124 Å². The minimum Gasteiger partial charge on any atom is -0.379 e. The van der Waals surface area contributed by atoms with Crippen molar-refractivity contribution in [2.24, 2.45) is 0 Å². The molecule has 0 bridgehead atoms. The fraction of sp³-hybridized carbons (Fsp3) is 1.00. The molecule has 0 amide bonds. The zero-order valence-corrected chi connectivity index (χ0v) is 14.2. The first-order chi connectivity index (χ1) is 9.76. The summed E-state index contributed by atoms with van der Waals surface area (Å²) in [5.41, 5.74) is 0. The van der Waals surface area contributed by atoms with Crippen LogP contribution >= 0.6 is 0 Å². The Morgan fingerprint density at radius 1 is 0.900 bits per heavy atom. The van der Waals surface area contributed by atoms with Gasteiger partial charge in [0.05, 0.1) is 13.2 Å². The molecular weight excluding hydrogens is 276 g/mol. The zero-order valence-electron chi connectivity index (χ0n) is 13.2. The number of rotatable bonds is 14. The molecule has 120 valence electrons. The Kier molecular flexibility index (Phi) is 9.67. The molecule has 20 heavy (non-hydrogen) atoms. The van der Waals surface area contributed by atoms with Crippen LogP contribution in [0, 0.1) is 0 Å². The molecule has 0 aromatic rings. The van der Waals surface area contributed by atoms with Gasteiger partial charge in [0.1, 0.15) is 6.10 Å². The summed E-state index contributed by atoms with van der Waals surface area (Å²) in [7, 11) is 2.68. The van der Waals surface area contributed by atoms with Gasteiger partial charge in [-0.3, -0.25) is 0 Å². The van der Waals surface area contributed by atoms with Crippen LogP contribution in [0.1, 0.15) is 38.5 Å². The summed E-state index contributed by atoms with van der Waals surface area (Å²) in [6.07, 6.45) is 7.63. The van der Waals surface area contributed by atoms with Gasteiger partial charge in [-0.2, -0.15) is 0 Å². The van der Waals surface area contributed by atoms with Gasteiger partial charge in [-0.1, -0.05) is 25.7 Å². The Bertz CT molecular complexity index is 223. The average Bonchev–Trinajstić information content (AvgIpc) is 3.30. The average molecular weight is 306 g/mol. The number of hydrogen-bond donors (Lipinski definition) is 0. The van der Waals surface area contributed by atoms with Crippen molar-refractivity contribution < 1.29 is 22.8 Å². The highest BCUT2D eigenvalue weighted by molar-refractivity contribution is 6.60. The highest BCUT2D eigenvalue weighted by Crippen LogP contribution is 2.18. The van der Waals surface area contributed by atoms with Crippen LogP contribution in [0.25, 0.3) is 0 Å². The van der Waals surface area contributed by atoms with Crippen molar-refractivity contribution in [3.8, 4) is 0 Å². The van der Waals surface area contributed by atoms with Crippen molar-refractivity contribution in [2.75, 3.05) is 41.2 Å². The summed E-state index contributed by atoms with van der Waals surface area (Å²) in [4.78, 5) is 0. The topological polar surface area (TPSA) is 49.5 Å². The quantitative estimate of drug-likeness (QED) is 0.280. The summed E-state index contributed by atoms with van der Waals surface area (Å²) in [5.74, 6) is 0. The van der Waals surface area contributed by atoms with E-state index in [1.165, 1.54) is 25.7 Å². The van der Waals surface area contributed by atoms with Crippen LogP contribution in [0.4, 0.5) is 0 Å². The SMILES string of the molecule is CO[Si](CCCCCCCCOCC1CO1)(OC)OC. The highest BCUT2D eigenvalue weighted by Gasteiger charge is 2.36. The summed E-state index contributed by atoms with van der Waals surface area (Å²) in [5, 5.41) is 0. The zero-order chi connectivity index (χ0) is 14.7. The maximum absolute atomic E-state index is 5.50. The smallest absolute Gasteiger partial charge is 0.379 e. The van der Waals surface area contributed by atoms with Crippen molar-refractivity contribution in [3.63, 3.8) is 0 Å². The van der Waals surface area contributed by atoms with Gasteiger partial charge in [-0.15, -0.1) is 0 Å². The molecule has 0 saturated carbocycles. The first kappa shape index (κ1) is 18.1. The van der Waals surface area contributed by atoms with Crippen molar-refractivity contribution in [2.45, 2.75) is 50.7 Å². The summed E-state index contributed by atoms with van der Waals surface area (Å²) < 4.78 is 26.8. The first-order valence-corrected chi connectivity index (χ1v) is 9.54. The molecular formula is C14H30O5Si. The number of hydrogen-bond acceptors (Lipinski definition) is 5. The molecule has 1 aliphatic heterocycles. The molecule has 1 aliphatic rings. The predicted molar refractivity (Wildman–Crippen MR) is 79.8 cm³/mol. The van der Waals surface area contributed by atoms with Crippen molar-refractivity contribution in [1.29, 1.82) is 0 Å². The third-order valence-corrected chi connectivity index (χ3v) is 6.49. The van der Waals surface area contributed by atoms with E-state index in [-0.39, 0.29) is 0 Å². The van der Waals surface area contributed by atoms with Gasteiger partial charge in [0.25, 0.3) is 0 Å². The minimum atomic E-state index is -2.34. The minimum absolute atomic E-state index is 0.391. The molecule has 0 aliphatic carbocycles. The van der Waals surface area contributed by atoms with Crippen molar-refractivity contribution in [3.05, 3.63) is 0 Å². The Morgan fingerprint density at radius 2 is 1.45 bits per heavy atom. The second kappa shape index (κ2) is 10.7. The monoisotopic (exact) mass is 306 g/mol. The molecule has 1 unspecified atom stereocenters. The summed E-state index contributed by atoms with van der Waals surface area (Å²) >= 11 is 0. The molecule has 6 heteroatoms. The Morgan fingerprint density at radius 3 is 2.00 bits per heavy atom. The molecule has 1 saturated heterocycles. The molecule has 1 atom stereocenters. The maximum atomic E-state index is 5.50. The normalized spacial score (nSPS) is 18.4. The fourth-order valence-electron chi connectivity index (χ4n) is 2.19. The van der Waals surface area contributed by atoms with Gasteiger partial charge in [0.2, 0.25) is 0 Å². The molecule has 0 aromatic carbocycles. The standard InChI is InChI=1S/C14H30O5Si/c1-15-20(16-2,17-3)11-9-7-5-4-6-8-10-18-12-14-13-19-14/h14H,4-13H2,1-3H3. The van der Waals surface area contributed by atoms with E-state index < -0.39 is 8.80 Å². The lowest BCUT2D eigenvalue weighted by atomic mass is 10.1. The summed E-state index contributed by atoms with van der Waals surface area (Å²) in [6.45, 7) is 2.53. The van der Waals surface area contributed by atoms with Crippen LogP contribution in [0.5, 0.6) is 0 Å². The van der Waals surface area contributed by atoms with Crippen LogP contribution in [-0.4, -0.2) is 56.1 Å². The van der Waals surface area contributed by atoms with Gasteiger partial charge in [-0.05, 0) is 12.8 Å². The molecule has 0 aromatic heterocycles. The second-order valence-electron chi connectivity index (χ2n) is 5.20. The van der Waals surface area contributed by atoms with E-state index in [9.17, 15) is 0 Å². The maximum Gasteiger partial charge on any atom is 0.500 e. The van der Waals surface area contributed by atoms with E-state index in [0.29, 0.717) is 6.10 Å². The molecule has 1 heterocycles. The van der Waals surface area contributed by atoms with Crippen molar-refractivity contribution >= 4 is 8.80 Å². The molecule has 5 nitrogen and oxygen atoms in total. The van der Waals surface area contributed by atoms with E-state index >= 15 is 0 Å². The lowest BCUT2D eigenvalue weighted by Crippen LogP contribution is -2.42. The molecule has 0 spiro atoms. The van der Waals surface area contributed by atoms with Gasteiger partial charge in [-0.25, -0.2) is 0 Å². The van der Waals surface area contributed by atoms with Gasteiger partial charge in [0, 0.05) is 34.0 Å². The van der Waals surface area contributed by atoms with Crippen molar-refractivity contribution in [1.82, 2.24) is 0 Å². The first-order valence-electron chi connectivity index (χ1n) is 7.61. The predicted octanol–water partition coefficient (Wildman–Crippen LogP) is 2.62. The number of unbranched alkanes of at least 4 members (excludes halogenated alkanes) is 5. The third kappa shape index (κ3) is 7.71. The van der Waals surface area contributed by atoms with Crippen LogP contribution in [0.15, 0.2) is 0 Å². The Hall–Kier alpha value is 0.0169. The second-order valence-corrected chi connectivity index (χ2v) is 8.29. The highest BCUT2D eigenvalue weighted by atomic mass is 28.4. The van der Waals surface area contributed by atoms with E-state index in [0.717, 1.165) is 38.7 Å². The molecule has 1 fully saturated rings. The van der Waals surface area contributed by atoms with Gasteiger partial charge < -0.3 is 22.8 Å². The lowest BCUT2D eigenvalue weighted by Gasteiger charge is -2.24. The van der Waals surface area contributed by atoms with Crippen LogP contribution < -0.4 is 0 Å². The van der Waals surface area contributed by atoms with Gasteiger partial charge in [0.15, 0.2) is 0 Å². The van der Waals surface area contributed by atoms with Crippen LogP contribution in [0.2, 0.25) is 6.04 Å². The van der Waals surface area contributed by atoms with E-state index in [1.54, 1.807) is 21.3 Å². The lowest BCUT2D eigenvalue weighted by molar-refractivity contribution is 0.113. The molecule has 1 rings (SSSR count). The van der Waals surface area contributed by atoms with E-state index in [1.807, 2.05) is 0 Å². The summed E-state index contributed by atoms with van der Waals surface area (Å²) in [6, 6.07) is 0.904. The largest absolute Gasteiger partial charge is 0.500 e. The number of ether oxygens (including phenoxy) is 2. The van der Waals surface area contributed by atoms with Gasteiger partial charge >= 0.3 is 8.80 Å². The molecule has 0 N–H and O–H groups in total. The fourth-order valence-corrected chi connectivity index (χ4v) is 3.98. The third-order valence-electron chi connectivity index (χ3n) is 3.66. The Balaban J connectivity index is 1.83. The number of epoxide rings is 1. The van der Waals surface area contributed by atoms with Crippen LogP contribution in [-0.2, 0) is 22.8 Å². The van der Waals surface area contributed by atoms with E-state index in [4.69, 9.17) is 22.8 Å².